The van der Waals surface area contributed by atoms with E-state index in [1.54, 1.807) is 0 Å². The van der Waals surface area contributed by atoms with Crippen LogP contribution in [0.25, 0.3) is 0 Å². The van der Waals surface area contributed by atoms with E-state index in [-0.39, 0.29) is 6.42 Å². The molecule has 0 radical (unpaired) electrons. The van der Waals surface area contributed by atoms with Crippen molar-refractivity contribution >= 4 is 11.3 Å². The summed E-state index contributed by atoms with van der Waals surface area (Å²) in [6.07, 6.45) is 3.29. The summed E-state index contributed by atoms with van der Waals surface area (Å²) < 4.78 is 27.2. The Morgan fingerprint density at radius 3 is 2.93 bits per heavy atom. The van der Waals surface area contributed by atoms with Crippen molar-refractivity contribution < 1.29 is 8.78 Å². The number of halogens is 2. The highest BCUT2D eigenvalue weighted by atomic mass is 32.1. The molecule has 0 nitrogen and oxygen atoms in total. The molecular formula is C11H14F2S. The Balaban J connectivity index is 2.43. The summed E-state index contributed by atoms with van der Waals surface area (Å²) in [5.74, 6) is -2.57. The van der Waals surface area contributed by atoms with Crippen molar-refractivity contribution in [3.63, 3.8) is 0 Å². The summed E-state index contributed by atoms with van der Waals surface area (Å²) in [4.78, 5) is 1.43. The quantitative estimate of drug-likeness (QED) is 0.619. The lowest BCUT2D eigenvalue weighted by atomic mass is 10.1. The number of thiophene rings is 1. The van der Waals surface area contributed by atoms with E-state index < -0.39 is 5.92 Å². The minimum Gasteiger partial charge on any atom is -0.200 e. The van der Waals surface area contributed by atoms with Gasteiger partial charge >= 0.3 is 0 Å². The summed E-state index contributed by atoms with van der Waals surface area (Å²) in [5.41, 5.74) is 0.898. The monoisotopic (exact) mass is 216 g/mol. The number of alkyl halides is 2. The van der Waals surface area contributed by atoms with E-state index in [0.29, 0.717) is 11.3 Å². The zero-order valence-corrected chi connectivity index (χ0v) is 9.09. The lowest BCUT2D eigenvalue weighted by molar-refractivity contribution is -0.00988. The normalized spacial score (nSPS) is 20.2. The van der Waals surface area contributed by atoms with Gasteiger partial charge in [0.15, 0.2) is 0 Å². The Morgan fingerprint density at radius 2 is 2.21 bits per heavy atom. The van der Waals surface area contributed by atoms with E-state index in [2.05, 4.69) is 0 Å². The Kier molecular flexibility index (Phi) is 2.60. The third-order valence-corrected chi connectivity index (χ3v) is 4.16. The van der Waals surface area contributed by atoms with Gasteiger partial charge in [-0.05, 0) is 37.3 Å². The van der Waals surface area contributed by atoms with Crippen molar-refractivity contribution in [2.24, 2.45) is 0 Å². The SMILES string of the molecule is CCc1cc2c(s1)C(F)(F)CCCC2. The van der Waals surface area contributed by atoms with Gasteiger partial charge in [-0.3, -0.25) is 0 Å². The second-order valence-electron chi connectivity index (χ2n) is 3.83. The number of hydrogen-bond acceptors (Lipinski definition) is 1. The van der Waals surface area contributed by atoms with Crippen LogP contribution in [0.1, 0.15) is 41.5 Å². The molecule has 0 bridgehead atoms. The Hall–Kier alpha value is -0.440. The lowest BCUT2D eigenvalue weighted by Crippen LogP contribution is -2.10. The number of fused-ring (bicyclic) bond motifs is 1. The first-order chi connectivity index (χ1) is 6.63. The van der Waals surface area contributed by atoms with Gasteiger partial charge in [0.05, 0.1) is 4.88 Å². The van der Waals surface area contributed by atoms with Crippen LogP contribution in [0, 0.1) is 0 Å². The first-order valence-corrected chi connectivity index (χ1v) is 5.95. The fraction of sp³-hybridized carbons (Fsp3) is 0.636. The number of aryl methyl sites for hydroxylation is 2. The van der Waals surface area contributed by atoms with E-state index in [4.69, 9.17) is 0 Å². The maximum atomic E-state index is 13.6. The largest absolute Gasteiger partial charge is 0.282 e. The minimum absolute atomic E-state index is 0.0314. The van der Waals surface area contributed by atoms with E-state index in [9.17, 15) is 8.78 Å². The summed E-state index contributed by atoms with van der Waals surface area (Å²) in [6.45, 7) is 2.02. The van der Waals surface area contributed by atoms with Gasteiger partial charge in [-0.15, -0.1) is 11.3 Å². The van der Waals surface area contributed by atoms with Crippen LogP contribution >= 0.6 is 11.3 Å². The van der Waals surface area contributed by atoms with Gasteiger partial charge in [-0.2, -0.15) is 0 Å². The molecule has 3 heteroatoms. The second kappa shape index (κ2) is 3.61. The highest BCUT2D eigenvalue weighted by molar-refractivity contribution is 7.12. The molecule has 78 valence electrons. The maximum absolute atomic E-state index is 13.6. The molecule has 1 aliphatic rings. The fourth-order valence-electron chi connectivity index (χ4n) is 1.93. The molecule has 0 aromatic carbocycles. The van der Waals surface area contributed by atoms with E-state index in [1.165, 1.54) is 11.3 Å². The third kappa shape index (κ3) is 1.70. The van der Waals surface area contributed by atoms with E-state index >= 15 is 0 Å². The van der Waals surface area contributed by atoms with Crippen LogP contribution in [0.3, 0.4) is 0 Å². The van der Waals surface area contributed by atoms with Gasteiger partial charge in [-0.25, -0.2) is 8.78 Å². The van der Waals surface area contributed by atoms with Gasteiger partial charge in [0, 0.05) is 11.3 Å². The highest BCUT2D eigenvalue weighted by Crippen LogP contribution is 2.43. The molecule has 0 fully saturated rings. The predicted octanol–water partition coefficient (Wildman–Crippen LogP) is 4.13. The summed E-state index contributed by atoms with van der Waals surface area (Å²) in [6, 6.07) is 1.97. The number of rotatable bonds is 1. The van der Waals surface area contributed by atoms with Gasteiger partial charge in [0.1, 0.15) is 0 Å². The maximum Gasteiger partial charge on any atom is 0.282 e. The third-order valence-electron chi connectivity index (χ3n) is 2.73. The van der Waals surface area contributed by atoms with Crippen LogP contribution in [0.2, 0.25) is 0 Å². The molecule has 0 saturated carbocycles. The van der Waals surface area contributed by atoms with Crippen molar-refractivity contribution in [3.05, 3.63) is 21.4 Å². The molecule has 0 spiro atoms. The van der Waals surface area contributed by atoms with Crippen LogP contribution in [0.5, 0.6) is 0 Å². The zero-order valence-electron chi connectivity index (χ0n) is 8.28. The van der Waals surface area contributed by atoms with Crippen LogP contribution in [-0.4, -0.2) is 0 Å². The average molecular weight is 216 g/mol. The summed E-state index contributed by atoms with van der Waals surface area (Å²) in [7, 11) is 0. The Labute approximate surface area is 87.0 Å². The second-order valence-corrected chi connectivity index (χ2v) is 4.97. The van der Waals surface area contributed by atoms with Gasteiger partial charge < -0.3 is 0 Å². The van der Waals surface area contributed by atoms with Crippen molar-refractivity contribution in [1.29, 1.82) is 0 Å². The molecule has 0 atom stereocenters. The molecule has 1 aliphatic carbocycles. The standard InChI is InChI=1S/C11H14F2S/c1-2-9-7-8-5-3-4-6-11(12,13)10(8)14-9/h7H,2-6H2,1H3. The summed E-state index contributed by atoms with van der Waals surface area (Å²) >= 11 is 1.31. The minimum atomic E-state index is -2.57. The smallest absolute Gasteiger partial charge is 0.200 e. The topological polar surface area (TPSA) is 0 Å². The van der Waals surface area contributed by atoms with Crippen LogP contribution in [0.15, 0.2) is 6.07 Å². The van der Waals surface area contributed by atoms with Crippen LogP contribution < -0.4 is 0 Å². The van der Waals surface area contributed by atoms with Crippen molar-refractivity contribution in [3.8, 4) is 0 Å². The molecule has 0 amide bonds. The van der Waals surface area contributed by atoms with Gasteiger partial charge in [-0.1, -0.05) is 6.92 Å². The van der Waals surface area contributed by atoms with E-state index in [0.717, 1.165) is 29.7 Å². The molecule has 1 aromatic rings. The van der Waals surface area contributed by atoms with Crippen molar-refractivity contribution in [2.75, 3.05) is 0 Å². The van der Waals surface area contributed by atoms with Crippen LogP contribution in [-0.2, 0) is 18.8 Å². The molecule has 0 saturated heterocycles. The predicted molar refractivity (Wildman–Crippen MR) is 55.1 cm³/mol. The van der Waals surface area contributed by atoms with Crippen molar-refractivity contribution in [1.82, 2.24) is 0 Å². The first-order valence-electron chi connectivity index (χ1n) is 5.13. The fourth-order valence-corrected chi connectivity index (χ4v) is 3.08. The zero-order chi connectivity index (χ0) is 10.2. The van der Waals surface area contributed by atoms with Crippen molar-refractivity contribution in [2.45, 2.75) is 45.0 Å². The Morgan fingerprint density at radius 1 is 1.43 bits per heavy atom. The van der Waals surface area contributed by atoms with E-state index in [1.807, 2.05) is 13.0 Å². The molecular weight excluding hydrogens is 202 g/mol. The molecule has 1 aromatic heterocycles. The molecule has 14 heavy (non-hydrogen) atoms. The lowest BCUT2D eigenvalue weighted by Gasteiger charge is -2.12. The molecule has 0 unspecified atom stereocenters. The molecule has 0 aliphatic heterocycles. The highest BCUT2D eigenvalue weighted by Gasteiger charge is 2.36. The van der Waals surface area contributed by atoms with Gasteiger partial charge in [0.2, 0.25) is 0 Å². The first kappa shape index (κ1) is 10.1. The molecule has 0 N–H and O–H groups in total. The molecule has 1 heterocycles. The number of hydrogen-bond donors (Lipinski definition) is 0. The van der Waals surface area contributed by atoms with Gasteiger partial charge in [0.25, 0.3) is 5.92 Å². The molecule has 2 rings (SSSR count). The average Bonchev–Trinajstić information content (AvgIpc) is 2.51. The van der Waals surface area contributed by atoms with Crippen LogP contribution in [0.4, 0.5) is 8.78 Å². The Bertz CT molecular complexity index is 328. The summed E-state index contributed by atoms with van der Waals surface area (Å²) in [5, 5.41) is 0.